The number of aromatic nitrogens is 2. The van der Waals surface area contributed by atoms with Crippen molar-refractivity contribution in [2.45, 2.75) is 38.9 Å². The molecule has 1 saturated heterocycles. The summed E-state index contributed by atoms with van der Waals surface area (Å²) in [5.74, 6) is 0.429. The number of carbonyl (C=O) groups excluding carboxylic acids is 2. The molecule has 0 saturated carbocycles. The summed E-state index contributed by atoms with van der Waals surface area (Å²) in [6, 6.07) is 23.5. The van der Waals surface area contributed by atoms with Gasteiger partial charge in [0.15, 0.2) is 0 Å². The first-order valence-corrected chi connectivity index (χ1v) is 19.2. The summed E-state index contributed by atoms with van der Waals surface area (Å²) in [4.78, 5) is 42.5. The number of carbonyl (C=O) groups is 2. The number of anilines is 3. The maximum Gasteiger partial charge on any atom is 0.264 e. The number of alkyl halides is 1. The van der Waals surface area contributed by atoms with Gasteiger partial charge in [0.2, 0.25) is 0 Å². The van der Waals surface area contributed by atoms with Gasteiger partial charge in [0.25, 0.3) is 11.8 Å². The molecule has 1 atom stereocenters. The lowest BCUT2D eigenvalue weighted by molar-refractivity contribution is 0.0193. The van der Waals surface area contributed by atoms with Gasteiger partial charge in [-0.3, -0.25) is 19.4 Å². The molecule has 284 valence electrons. The first-order chi connectivity index (χ1) is 26.7. The number of fused-ring (bicyclic) bond motifs is 2. The number of nitrogens with zero attached hydrogens (tertiary/aromatic N) is 6. The van der Waals surface area contributed by atoms with E-state index in [0.717, 1.165) is 49.4 Å². The summed E-state index contributed by atoms with van der Waals surface area (Å²) >= 11 is 6.67. The van der Waals surface area contributed by atoms with E-state index in [0.29, 0.717) is 70.8 Å². The molecule has 2 amide bonds. The number of hydrogen-bond donors (Lipinski definition) is 1. The Morgan fingerprint density at radius 2 is 1.71 bits per heavy atom. The van der Waals surface area contributed by atoms with E-state index in [-0.39, 0.29) is 30.2 Å². The second kappa shape index (κ2) is 15.5. The molecule has 0 bridgehead atoms. The van der Waals surface area contributed by atoms with Crippen LogP contribution in [-0.4, -0.2) is 95.4 Å². The van der Waals surface area contributed by atoms with Crippen LogP contribution in [0.2, 0.25) is 5.02 Å². The highest BCUT2D eigenvalue weighted by molar-refractivity contribution is 6.31. The van der Waals surface area contributed by atoms with E-state index in [2.05, 4.69) is 21.9 Å². The van der Waals surface area contributed by atoms with E-state index in [1.54, 1.807) is 59.0 Å². The zero-order valence-electron chi connectivity index (χ0n) is 31.0. The number of pyridine rings is 1. The molecular formula is C43H44ClFN6O4. The van der Waals surface area contributed by atoms with Crippen LogP contribution >= 0.6 is 11.6 Å². The van der Waals surface area contributed by atoms with E-state index in [9.17, 15) is 19.1 Å². The summed E-state index contributed by atoms with van der Waals surface area (Å²) in [7, 11) is 1.99. The Morgan fingerprint density at radius 3 is 2.47 bits per heavy atom. The first kappa shape index (κ1) is 36.7. The molecule has 0 spiro atoms. The summed E-state index contributed by atoms with van der Waals surface area (Å²) < 4.78 is 21.8. The molecule has 3 aliphatic rings. The van der Waals surface area contributed by atoms with Gasteiger partial charge in [0, 0.05) is 79.0 Å². The van der Waals surface area contributed by atoms with Crippen LogP contribution < -0.4 is 9.80 Å². The van der Waals surface area contributed by atoms with Gasteiger partial charge in [-0.1, -0.05) is 35.9 Å². The molecule has 5 heterocycles. The molecule has 0 radical (unpaired) electrons. The largest absolute Gasteiger partial charge is 0.508 e. The monoisotopic (exact) mass is 762 g/mol. The molecule has 55 heavy (non-hydrogen) atoms. The molecule has 3 aromatic carbocycles. The van der Waals surface area contributed by atoms with Crippen molar-refractivity contribution in [2.24, 2.45) is 0 Å². The fourth-order valence-electron chi connectivity index (χ4n) is 8.24. The van der Waals surface area contributed by atoms with Crippen LogP contribution in [0.1, 0.15) is 43.1 Å². The van der Waals surface area contributed by atoms with Crippen LogP contribution in [0.15, 0.2) is 85.1 Å². The Morgan fingerprint density at radius 1 is 0.945 bits per heavy atom. The minimum Gasteiger partial charge on any atom is -0.508 e. The highest BCUT2D eigenvalue weighted by Gasteiger charge is 2.34. The summed E-state index contributed by atoms with van der Waals surface area (Å²) in [6.45, 7) is 6.00. The molecule has 1 fully saturated rings. The van der Waals surface area contributed by atoms with Crippen LogP contribution in [0.3, 0.4) is 0 Å². The average molecular weight is 763 g/mol. The molecule has 12 heteroatoms. The minimum absolute atomic E-state index is 0.0305. The zero-order valence-corrected chi connectivity index (χ0v) is 31.8. The summed E-state index contributed by atoms with van der Waals surface area (Å²) in [5.41, 5.74) is 6.83. The van der Waals surface area contributed by atoms with E-state index in [1.165, 1.54) is 17.7 Å². The van der Waals surface area contributed by atoms with Crippen LogP contribution in [0, 0.1) is 6.92 Å². The van der Waals surface area contributed by atoms with Crippen molar-refractivity contribution in [1.29, 1.82) is 0 Å². The average Bonchev–Trinajstić information content (AvgIpc) is 3.73. The molecule has 10 nitrogen and oxygen atoms in total. The van der Waals surface area contributed by atoms with Crippen LogP contribution in [0.25, 0.3) is 11.3 Å². The maximum absolute atomic E-state index is 14.9. The number of phenolic OH excluding ortho intramolecular Hbond substituents is 1. The number of amides is 2. The van der Waals surface area contributed by atoms with Gasteiger partial charge in [-0.25, -0.2) is 9.37 Å². The van der Waals surface area contributed by atoms with Crippen molar-refractivity contribution >= 4 is 40.6 Å². The lowest BCUT2D eigenvalue weighted by atomic mass is 9.92. The number of rotatable bonds is 9. The number of hydrogen-bond acceptors (Lipinski definition) is 7. The summed E-state index contributed by atoms with van der Waals surface area (Å²) in [6.07, 6.45) is 3.19. The van der Waals surface area contributed by atoms with Gasteiger partial charge in [-0.15, -0.1) is 0 Å². The van der Waals surface area contributed by atoms with Crippen LogP contribution in [-0.2, 0) is 30.7 Å². The molecule has 1 N–H and O–H groups in total. The third-order valence-electron chi connectivity index (χ3n) is 11.2. The fourth-order valence-corrected chi connectivity index (χ4v) is 8.41. The molecule has 3 aliphatic heterocycles. The molecule has 2 aromatic heterocycles. The van der Waals surface area contributed by atoms with Gasteiger partial charge in [0.1, 0.15) is 18.2 Å². The Balaban J connectivity index is 1.21. The summed E-state index contributed by atoms with van der Waals surface area (Å²) in [5, 5.41) is 10.5. The standard InChI is InChI=1S/C43H44ClFN6O4/c1-28-38(43(54)51(33-8-10-36(52)11-9-33)34-22-30-13-15-47(2)41(30)46-25-34)24-40(49(28)16-14-45)39-23-32(44)7-12-37(39)42(53)50-26-31-6-4-3-5-29(31)21-35(50)27-48-17-19-55-20-18-48/h3-12,22-25,35,52H,13-21,26-27H2,1-2H3/t35-/m0/s1. The maximum atomic E-state index is 14.9. The van der Waals surface area contributed by atoms with Crippen molar-refractivity contribution in [3.05, 3.63) is 124 Å². The second-order valence-corrected chi connectivity index (χ2v) is 15.0. The molecule has 0 unspecified atom stereocenters. The number of benzene rings is 3. The number of morpholine rings is 1. The zero-order chi connectivity index (χ0) is 38.2. The highest BCUT2D eigenvalue weighted by atomic mass is 35.5. The van der Waals surface area contributed by atoms with Gasteiger partial charge >= 0.3 is 0 Å². The predicted octanol–water partition coefficient (Wildman–Crippen LogP) is 7.06. The van der Waals surface area contributed by atoms with Crippen molar-refractivity contribution in [1.82, 2.24) is 19.4 Å². The van der Waals surface area contributed by atoms with Gasteiger partial charge in [0.05, 0.1) is 37.2 Å². The molecule has 0 aliphatic carbocycles. The molecular weight excluding hydrogens is 719 g/mol. The van der Waals surface area contributed by atoms with E-state index in [1.807, 2.05) is 30.1 Å². The van der Waals surface area contributed by atoms with Crippen molar-refractivity contribution in [2.75, 3.05) is 62.9 Å². The first-order valence-electron chi connectivity index (χ1n) is 18.8. The van der Waals surface area contributed by atoms with Gasteiger partial charge < -0.3 is 24.2 Å². The lowest BCUT2D eigenvalue weighted by Crippen LogP contribution is -2.52. The predicted molar refractivity (Wildman–Crippen MR) is 212 cm³/mol. The number of halogens is 2. The Hall–Kier alpha value is -5.23. The second-order valence-electron chi connectivity index (χ2n) is 14.5. The van der Waals surface area contributed by atoms with E-state index in [4.69, 9.17) is 21.3 Å². The van der Waals surface area contributed by atoms with Crippen LogP contribution in [0.4, 0.5) is 21.6 Å². The third kappa shape index (κ3) is 7.19. The minimum atomic E-state index is -0.686. The SMILES string of the molecule is Cc1c(C(=O)N(c2ccc(O)cc2)c2cnc3c(c2)CCN3C)cc(-c2cc(Cl)ccc2C(=O)N2Cc3ccccc3C[C@H]2CN2CCOCC2)n1CCF. The topological polar surface area (TPSA) is 94.4 Å². The van der Waals surface area contributed by atoms with Gasteiger partial charge in [-0.2, -0.15) is 0 Å². The van der Waals surface area contributed by atoms with Crippen molar-refractivity contribution in [3.63, 3.8) is 0 Å². The Bertz CT molecular complexity index is 2240. The molecule has 8 rings (SSSR count). The quantitative estimate of drug-likeness (QED) is 0.172. The van der Waals surface area contributed by atoms with E-state index >= 15 is 0 Å². The normalized spacial score (nSPS) is 16.9. The number of phenols is 1. The van der Waals surface area contributed by atoms with Crippen molar-refractivity contribution in [3.8, 4) is 17.0 Å². The number of likely N-dealkylation sites (N-methyl/N-ethyl adjacent to an activating group) is 1. The fraction of sp³-hybridized carbons (Fsp3) is 0.326. The highest BCUT2D eigenvalue weighted by Crippen LogP contribution is 2.38. The smallest absolute Gasteiger partial charge is 0.264 e. The lowest BCUT2D eigenvalue weighted by Gasteiger charge is -2.40. The molecule has 5 aromatic rings. The Labute approximate surface area is 325 Å². The van der Waals surface area contributed by atoms with Crippen LogP contribution in [0.5, 0.6) is 5.75 Å². The number of ether oxygens (including phenoxy) is 1. The third-order valence-corrected chi connectivity index (χ3v) is 11.4. The number of aromatic hydroxyl groups is 1. The van der Waals surface area contributed by atoms with E-state index < -0.39 is 6.67 Å². The van der Waals surface area contributed by atoms with Gasteiger partial charge in [-0.05, 0) is 91.1 Å². The van der Waals surface area contributed by atoms with Crippen molar-refractivity contribution < 1.29 is 23.8 Å². The Kier molecular flexibility index (Phi) is 10.3.